The molecular formula is C15H31NO6. The third-order valence-electron chi connectivity index (χ3n) is 2.79. The minimum absolute atomic E-state index is 0.0507. The molecule has 132 valence electrons. The lowest BCUT2D eigenvalue weighted by atomic mass is 10.1. The number of methoxy groups -OCH3 is 1. The summed E-state index contributed by atoms with van der Waals surface area (Å²) in [6, 6.07) is -0.337. The van der Waals surface area contributed by atoms with Gasteiger partial charge < -0.3 is 29.4 Å². The zero-order valence-corrected chi connectivity index (χ0v) is 14.4. The summed E-state index contributed by atoms with van der Waals surface area (Å²) in [5.41, 5.74) is -0.570. The Bertz CT molecular complexity index is 292. The van der Waals surface area contributed by atoms with E-state index < -0.39 is 11.7 Å². The Morgan fingerprint density at radius 2 is 1.95 bits per heavy atom. The highest BCUT2D eigenvalue weighted by atomic mass is 16.7. The summed E-state index contributed by atoms with van der Waals surface area (Å²) in [4.78, 5) is 11.9. The monoisotopic (exact) mass is 321 g/mol. The standard InChI is InChI=1S/C15H31NO6/c1-6-13(21-11-20-10-9-19-5)12(7-8-17)16-14(18)22-15(2,3)4/h12-13,17H,6-11H2,1-5H3,(H,16,18)/t12-,13-/m0/s1. The van der Waals surface area contributed by atoms with Gasteiger partial charge in [-0.1, -0.05) is 6.92 Å². The van der Waals surface area contributed by atoms with E-state index in [2.05, 4.69) is 5.32 Å². The Morgan fingerprint density at radius 3 is 2.45 bits per heavy atom. The van der Waals surface area contributed by atoms with Crippen molar-refractivity contribution < 1.29 is 28.8 Å². The van der Waals surface area contributed by atoms with Crippen molar-refractivity contribution in [2.24, 2.45) is 0 Å². The maximum Gasteiger partial charge on any atom is 0.407 e. The van der Waals surface area contributed by atoms with Crippen LogP contribution in [0.15, 0.2) is 0 Å². The molecule has 0 heterocycles. The molecule has 0 saturated carbocycles. The molecule has 0 aromatic heterocycles. The Kier molecular flexibility index (Phi) is 11.2. The first-order valence-electron chi connectivity index (χ1n) is 7.62. The van der Waals surface area contributed by atoms with E-state index in [1.54, 1.807) is 27.9 Å². The van der Waals surface area contributed by atoms with Gasteiger partial charge in [-0.2, -0.15) is 0 Å². The number of ether oxygens (including phenoxy) is 4. The van der Waals surface area contributed by atoms with Crippen LogP contribution in [0.3, 0.4) is 0 Å². The Hall–Kier alpha value is -0.890. The van der Waals surface area contributed by atoms with E-state index in [1.807, 2.05) is 6.92 Å². The summed E-state index contributed by atoms with van der Waals surface area (Å²) in [7, 11) is 1.60. The van der Waals surface area contributed by atoms with E-state index in [0.29, 0.717) is 26.1 Å². The second-order valence-electron chi connectivity index (χ2n) is 5.90. The van der Waals surface area contributed by atoms with E-state index >= 15 is 0 Å². The molecule has 2 N–H and O–H groups in total. The number of amides is 1. The predicted octanol–water partition coefficient (Wildman–Crippen LogP) is 1.68. The highest BCUT2D eigenvalue weighted by molar-refractivity contribution is 5.68. The highest BCUT2D eigenvalue weighted by Crippen LogP contribution is 2.11. The molecule has 0 aliphatic rings. The van der Waals surface area contributed by atoms with Crippen LogP contribution in [0.2, 0.25) is 0 Å². The molecule has 0 rings (SSSR count). The summed E-state index contributed by atoms with van der Waals surface area (Å²) in [6.45, 7) is 8.33. The molecule has 0 aromatic carbocycles. The minimum atomic E-state index is -0.570. The third-order valence-corrected chi connectivity index (χ3v) is 2.79. The van der Waals surface area contributed by atoms with E-state index in [-0.39, 0.29) is 25.5 Å². The van der Waals surface area contributed by atoms with Crippen LogP contribution in [0.1, 0.15) is 40.5 Å². The average Bonchev–Trinajstić information content (AvgIpc) is 2.40. The van der Waals surface area contributed by atoms with Crippen molar-refractivity contribution in [3.05, 3.63) is 0 Å². The normalized spacial score (nSPS) is 14.5. The molecule has 7 nitrogen and oxygen atoms in total. The Morgan fingerprint density at radius 1 is 1.27 bits per heavy atom. The lowest BCUT2D eigenvalue weighted by Gasteiger charge is -2.28. The molecule has 0 aliphatic heterocycles. The largest absolute Gasteiger partial charge is 0.444 e. The Labute approximate surface area is 133 Å². The fourth-order valence-corrected chi connectivity index (χ4v) is 1.80. The molecule has 0 fully saturated rings. The number of alkyl carbamates (subject to hydrolysis) is 1. The molecule has 1 amide bonds. The molecule has 22 heavy (non-hydrogen) atoms. The number of carbonyl (C=O) groups is 1. The van der Waals surface area contributed by atoms with Crippen LogP contribution in [0.4, 0.5) is 4.79 Å². The van der Waals surface area contributed by atoms with Gasteiger partial charge in [-0.3, -0.25) is 0 Å². The van der Waals surface area contributed by atoms with Crippen molar-refractivity contribution in [2.75, 3.05) is 33.7 Å². The molecule has 0 spiro atoms. The number of nitrogens with one attached hydrogen (secondary N) is 1. The van der Waals surface area contributed by atoms with Crippen molar-refractivity contribution in [1.82, 2.24) is 5.32 Å². The average molecular weight is 321 g/mol. The van der Waals surface area contributed by atoms with Gasteiger partial charge in [-0.25, -0.2) is 4.79 Å². The lowest BCUT2D eigenvalue weighted by Crippen LogP contribution is -2.47. The summed E-state index contributed by atoms with van der Waals surface area (Å²) in [5.74, 6) is 0. The third kappa shape index (κ3) is 10.8. The van der Waals surface area contributed by atoms with Crippen LogP contribution < -0.4 is 5.32 Å². The molecule has 0 aromatic rings. The van der Waals surface area contributed by atoms with Crippen LogP contribution in [-0.2, 0) is 18.9 Å². The maximum atomic E-state index is 11.9. The van der Waals surface area contributed by atoms with Crippen LogP contribution in [0, 0.1) is 0 Å². The van der Waals surface area contributed by atoms with Gasteiger partial charge in [-0.05, 0) is 33.6 Å². The van der Waals surface area contributed by atoms with E-state index in [0.717, 1.165) is 0 Å². The number of carbonyl (C=O) groups excluding carboxylic acids is 1. The van der Waals surface area contributed by atoms with Crippen molar-refractivity contribution in [1.29, 1.82) is 0 Å². The maximum absolute atomic E-state index is 11.9. The van der Waals surface area contributed by atoms with E-state index in [9.17, 15) is 9.90 Å². The van der Waals surface area contributed by atoms with Crippen molar-refractivity contribution >= 4 is 6.09 Å². The van der Waals surface area contributed by atoms with Gasteiger partial charge in [0.25, 0.3) is 0 Å². The molecule has 0 unspecified atom stereocenters. The molecule has 0 aliphatic carbocycles. The van der Waals surface area contributed by atoms with Crippen molar-refractivity contribution in [3.8, 4) is 0 Å². The summed E-state index contributed by atoms with van der Waals surface area (Å²) < 4.78 is 21.0. The predicted molar refractivity (Wildman–Crippen MR) is 82.7 cm³/mol. The molecule has 7 heteroatoms. The zero-order valence-electron chi connectivity index (χ0n) is 14.4. The topological polar surface area (TPSA) is 86.3 Å². The quantitative estimate of drug-likeness (QED) is 0.445. The van der Waals surface area contributed by atoms with Gasteiger partial charge in [0.1, 0.15) is 12.4 Å². The summed E-state index contributed by atoms with van der Waals surface area (Å²) in [6.07, 6.45) is 0.278. The number of aliphatic hydroxyl groups excluding tert-OH is 1. The Balaban J connectivity index is 4.37. The van der Waals surface area contributed by atoms with Gasteiger partial charge in [-0.15, -0.1) is 0 Å². The van der Waals surface area contributed by atoms with E-state index in [1.165, 1.54) is 0 Å². The highest BCUT2D eigenvalue weighted by Gasteiger charge is 2.25. The second-order valence-corrected chi connectivity index (χ2v) is 5.90. The molecule has 0 bridgehead atoms. The van der Waals surface area contributed by atoms with E-state index in [4.69, 9.17) is 18.9 Å². The van der Waals surface area contributed by atoms with Crippen molar-refractivity contribution in [3.63, 3.8) is 0 Å². The van der Waals surface area contributed by atoms with Gasteiger partial charge >= 0.3 is 6.09 Å². The zero-order chi connectivity index (χ0) is 17.0. The van der Waals surface area contributed by atoms with Crippen LogP contribution >= 0.6 is 0 Å². The first-order valence-corrected chi connectivity index (χ1v) is 7.62. The van der Waals surface area contributed by atoms with Gasteiger partial charge in [0.2, 0.25) is 0 Å². The number of hydrogen-bond acceptors (Lipinski definition) is 6. The first kappa shape index (κ1) is 21.1. The minimum Gasteiger partial charge on any atom is -0.444 e. The van der Waals surface area contributed by atoms with Crippen LogP contribution in [-0.4, -0.2) is 62.7 Å². The van der Waals surface area contributed by atoms with Gasteiger partial charge in [0.05, 0.1) is 25.4 Å². The van der Waals surface area contributed by atoms with Gasteiger partial charge in [0, 0.05) is 13.7 Å². The molecular weight excluding hydrogens is 290 g/mol. The SMILES string of the molecule is CC[C@H](OCOCCOC)[C@H](CCO)NC(=O)OC(C)(C)C. The summed E-state index contributed by atoms with van der Waals surface area (Å²) in [5, 5.41) is 11.9. The molecule has 0 saturated heterocycles. The number of hydrogen-bond donors (Lipinski definition) is 2. The molecule has 0 radical (unpaired) electrons. The van der Waals surface area contributed by atoms with Gasteiger partial charge in [0.15, 0.2) is 0 Å². The number of aliphatic hydroxyl groups is 1. The number of rotatable bonds is 11. The summed E-state index contributed by atoms with van der Waals surface area (Å²) >= 11 is 0. The first-order chi connectivity index (χ1) is 10.3. The lowest BCUT2D eigenvalue weighted by molar-refractivity contribution is -0.109. The van der Waals surface area contributed by atoms with Crippen molar-refractivity contribution in [2.45, 2.75) is 58.3 Å². The second kappa shape index (κ2) is 11.6. The molecule has 2 atom stereocenters. The smallest absolute Gasteiger partial charge is 0.407 e. The van der Waals surface area contributed by atoms with Crippen LogP contribution in [0.5, 0.6) is 0 Å². The fourth-order valence-electron chi connectivity index (χ4n) is 1.80. The van der Waals surface area contributed by atoms with Crippen LogP contribution in [0.25, 0.3) is 0 Å². The fraction of sp³-hybridized carbons (Fsp3) is 0.933.